The molecular formula is C54H60Cl4N18O7. The first kappa shape index (κ1) is 64.2. The molecule has 8 heterocycles. The number of carbonyl (C=O) groups is 4. The molecule has 83 heavy (non-hydrogen) atoms. The van der Waals surface area contributed by atoms with Crippen LogP contribution in [0.2, 0.25) is 10.0 Å². The van der Waals surface area contributed by atoms with Crippen LogP contribution in [0.3, 0.4) is 0 Å². The number of anilines is 4. The summed E-state index contributed by atoms with van der Waals surface area (Å²) in [5, 5.41) is 15.5. The number of amides is 1. The molecule has 2 aromatic carbocycles. The molecule has 2 fully saturated rings. The Hall–Kier alpha value is -7.98. The molecule has 6 aromatic heterocycles. The third-order valence-electron chi connectivity index (χ3n) is 12.3. The number of halogens is 4. The minimum Gasteiger partial charge on any atom is -0.476 e. The predicted molar refractivity (Wildman–Crippen MR) is 317 cm³/mol. The highest BCUT2D eigenvalue weighted by atomic mass is 35.5. The molecule has 10 rings (SSSR count). The number of aromatic nitrogens is 10. The van der Waals surface area contributed by atoms with Crippen LogP contribution >= 0.6 is 46.4 Å². The van der Waals surface area contributed by atoms with Gasteiger partial charge in [-0.2, -0.15) is 0 Å². The van der Waals surface area contributed by atoms with Crippen LogP contribution in [-0.2, 0) is 22.3 Å². The van der Waals surface area contributed by atoms with Crippen molar-refractivity contribution in [3.63, 3.8) is 0 Å². The van der Waals surface area contributed by atoms with Crippen LogP contribution in [0, 0.1) is 0 Å². The number of pyridine rings is 2. The lowest BCUT2D eigenvalue weighted by Crippen LogP contribution is -2.37. The Balaban J connectivity index is 0.000000183. The van der Waals surface area contributed by atoms with Gasteiger partial charge in [-0.1, -0.05) is 47.5 Å². The zero-order chi connectivity index (χ0) is 60.0. The summed E-state index contributed by atoms with van der Waals surface area (Å²) in [5.41, 5.74) is 31.0. The smallest absolute Gasteiger partial charge is 0.358 e. The summed E-state index contributed by atoms with van der Waals surface area (Å²) in [6.45, 7) is 12.6. The van der Waals surface area contributed by atoms with E-state index in [1.807, 2.05) is 56.3 Å². The van der Waals surface area contributed by atoms with Gasteiger partial charge in [0.2, 0.25) is 0 Å². The van der Waals surface area contributed by atoms with E-state index < -0.39 is 16.5 Å². The topological polar surface area (TPSA) is 384 Å². The summed E-state index contributed by atoms with van der Waals surface area (Å²) in [5.74, 6) is -1.40. The second-order valence-corrected chi connectivity index (χ2v) is 19.6. The highest BCUT2D eigenvalue weighted by molar-refractivity contribution is 6.68. The van der Waals surface area contributed by atoms with E-state index in [0.29, 0.717) is 5.02 Å². The van der Waals surface area contributed by atoms with Crippen molar-refractivity contribution < 1.29 is 33.8 Å². The zero-order valence-corrected chi connectivity index (χ0v) is 48.1. The number of hydrogen-bond acceptors (Lipinski definition) is 23. The number of hydrogen-bond donors (Lipinski definition) is 7. The van der Waals surface area contributed by atoms with Gasteiger partial charge in [0.25, 0.3) is 16.4 Å². The molecule has 8 aromatic rings. The fraction of sp³-hybridized carbons (Fsp3) is 0.296. The maximum Gasteiger partial charge on any atom is 0.358 e. The number of carbonyl (C=O) groups excluding carboxylic acids is 3. The normalized spacial score (nSPS) is 13.9. The number of carboxylic acid groups (broad SMARTS) is 1. The van der Waals surface area contributed by atoms with E-state index >= 15 is 0 Å². The number of nitrogen functional groups attached to an aromatic ring is 4. The fourth-order valence-electron chi connectivity index (χ4n) is 8.11. The Morgan fingerprint density at radius 3 is 1.28 bits per heavy atom. The number of benzene rings is 2. The van der Waals surface area contributed by atoms with Gasteiger partial charge >= 0.3 is 5.97 Å². The molecule has 0 aliphatic carbocycles. The molecule has 0 radical (unpaired) electrons. The number of aromatic carboxylic acids is 1. The Bertz CT molecular complexity index is 3370. The van der Waals surface area contributed by atoms with E-state index in [9.17, 15) is 19.2 Å². The van der Waals surface area contributed by atoms with E-state index in [-0.39, 0.29) is 64.0 Å². The van der Waals surface area contributed by atoms with Crippen LogP contribution in [0.4, 0.5) is 23.3 Å². The summed E-state index contributed by atoms with van der Waals surface area (Å²) in [7, 11) is 0. The molecule has 12 N–H and O–H groups in total. The molecule has 0 saturated carbocycles. The predicted octanol–water partition coefficient (Wildman–Crippen LogP) is 6.04. The number of ether oxygens (including phenoxy) is 2. The minimum atomic E-state index is -1.16. The standard InChI is InChI=1S/C22H25ClN6O2.C17H22ClN3O.2C5H4ClN3O.C5H5N3O2/c1-14(27-22(30)20-21(24)26-7-6-25-20)18-13-15-3-2-4-16(23)19(15)17(28-18)5-8-29-9-11-31-12-10-29;1-12(19)16-11-13-3-2-4-14(18)17(13)15(20-16)5-6-21-7-9-22-10-8-21;2*6-4(10)3-5(7)9-2-1-8-3;6-4-3(5(9)10)7-1-2-8-4/h2-4,6-7,13-14H,5,8-12H2,1H3,(H2,24,26)(H,27,30);2-4,11-12H,5-10,19H2,1H3;2*1-2H,(H2,7,9);1-2H,(H2,6,8)(H,9,10)/t14-;12-;;;/m00.../s1. The minimum absolute atomic E-state index is 0.00386. The maximum atomic E-state index is 12.6. The van der Waals surface area contributed by atoms with Crippen molar-refractivity contribution in [1.82, 2.24) is 65.0 Å². The Labute approximate surface area is 496 Å². The molecule has 2 aliphatic rings. The van der Waals surface area contributed by atoms with Gasteiger partial charge < -0.3 is 48.6 Å². The van der Waals surface area contributed by atoms with Gasteiger partial charge in [-0.05, 0) is 72.1 Å². The fourth-order valence-corrected chi connectivity index (χ4v) is 8.98. The highest BCUT2D eigenvalue weighted by Gasteiger charge is 2.21. The van der Waals surface area contributed by atoms with E-state index in [1.54, 1.807) is 0 Å². The molecular weight excluding hydrogens is 1150 g/mol. The van der Waals surface area contributed by atoms with Crippen molar-refractivity contribution in [2.45, 2.75) is 38.8 Å². The molecule has 0 unspecified atom stereocenters. The van der Waals surface area contributed by atoms with Gasteiger partial charge in [0.15, 0.2) is 46.0 Å². The van der Waals surface area contributed by atoms with Crippen LogP contribution in [0.5, 0.6) is 0 Å². The van der Waals surface area contributed by atoms with E-state index in [1.165, 1.54) is 49.6 Å². The lowest BCUT2D eigenvalue weighted by atomic mass is 10.0. The van der Waals surface area contributed by atoms with Gasteiger partial charge in [-0.15, -0.1) is 0 Å². The van der Waals surface area contributed by atoms with Crippen molar-refractivity contribution in [2.75, 3.05) is 88.6 Å². The summed E-state index contributed by atoms with van der Waals surface area (Å²) < 4.78 is 10.8. The molecule has 29 heteroatoms. The van der Waals surface area contributed by atoms with Crippen LogP contribution in [0.15, 0.2) is 98.1 Å². The Kier molecular flexibility index (Phi) is 24.8. The van der Waals surface area contributed by atoms with Gasteiger partial charge in [0.05, 0.1) is 65.3 Å². The largest absolute Gasteiger partial charge is 0.476 e. The lowest BCUT2D eigenvalue weighted by Gasteiger charge is -2.26. The second-order valence-electron chi connectivity index (χ2n) is 18.1. The van der Waals surface area contributed by atoms with Gasteiger partial charge in [0.1, 0.15) is 0 Å². The van der Waals surface area contributed by atoms with E-state index in [0.717, 1.165) is 128 Å². The monoisotopic (exact) mass is 1210 g/mol. The van der Waals surface area contributed by atoms with Crippen LogP contribution in [0.1, 0.15) is 90.7 Å². The van der Waals surface area contributed by atoms with Crippen LogP contribution < -0.4 is 34.0 Å². The molecule has 0 spiro atoms. The molecule has 1 amide bonds. The third-order valence-corrected chi connectivity index (χ3v) is 13.3. The molecule has 2 saturated heterocycles. The number of rotatable bonds is 13. The average Bonchev–Trinajstić information content (AvgIpc) is 3.63. The van der Waals surface area contributed by atoms with E-state index in [2.05, 4.69) is 61.1 Å². The Morgan fingerprint density at radius 2 is 0.928 bits per heavy atom. The number of nitrogens with two attached hydrogens (primary N) is 5. The SMILES string of the molecule is C[C@H](N)c1cc2cccc(Cl)c2c(CCN2CCOCC2)n1.C[C@H](NC(=O)c1nccnc1N)c1cc2cccc(Cl)c2c(CCN2CCOCC2)n1.Nc1nccnc1C(=O)Cl.Nc1nccnc1C(=O)Cl.Nc1nccnc1C(=O)O. The molecule has 2 aliphatic heterocycles. The first-order valence-electron chi connectivity index (χ1n) is 25.5. The zero-order valence-electron chi connectivity index (χ0n) is 45.0. The van der Waals surface area contributed by atoms with Crippen molar-refractivity contribution in [3.8, 4) is 0 Å². The van der Waals surface area contributed by atoms with Crippen LogP contribution in [-0.4, -0.2) is 153 Å². The first-order valence-corrected chi connectivity index (χ1v) is 27.1. The quantitative estimate of drug-likeness (QED) is 0.0647. The number of nitrogens with one attached hydrogen (secondary N) is 1. The summed E-state index contributed by atoms with van der Waals surface area (Å²) in [6.07, 6.45) is 12.6. The van der Waals surface area contributed by atoms with Crippen molar-refractivity contribution in [3.05, 3.63) is 154 Å². The summed E-state index contributed by atoms with van der Waals surface area (Å²) in [4.78, 5) is 87.6. The number of carboxylic acids is 1. The van der Waals surface area contributed by atoms with Crippen molar-refractivity contribution in [1.29, 1.82) is 0 Å². The second kappa shape index (κ2) is 32.0. The van der Waals surface area contributed by atoms with Crippen LogP contribution in [0.25, 0.3) is 21.5 Å². The number of nitrogens with zero attached hydrogens (tertiary/aromatic N) is 12. The van der Waals surface area contributed by atoms with Gasteiger partial charge in [-0.3, -0.25) is 34.2 Å². The molecule has 0 bridgehead atoms. The number of morpholine rings is 2. The van der Waals surface area contributed by atoms with Gasteiger partial charge in [-0.25, -0.2) is 44.7 Å². The van der Waals surface area contributed by atoms with Crippen molar-refractivity contribution in [2.24, 2.45) is 5.73 Å². The molecule has 436 valence electrons. The number of fused-ring (bicyclic) bond motifs is 2. The third kappa shape index (κ3) is 19.0. The molecule has 2 atom stereocenters. The lowest BCUT2D eigenvalue weighted by molar-refractivity contribution is 0.0383. The average molecular weight is 1220 g/mol. The van der Waals surface area contributed by atoms with E-state index in [4.69, 9.17) is 99.6 Å². The summed E-state index contributed by atoms with van der Waals surface area (Å²) in [6, 6.07) is 15.4. The first-order chi connectivity index (χ1) is 39.8. The maximum absolute atomic E-state index is 12.6. The van der Waals surface area contributed by atoms with Gasteiger partial charge in [0, 0.05) is 118 Å². The van der Waals surface area contributed by atoms with Crippen molar-refractivity contribution >= 4 is 114 Å². The summed E-state index contributed by atoms with van der Waals surface area (Å²) >= 11 is 23.1. The molecule has 25 nitrogen and oxygen atoms in total. The highest BCUT2D eigenvalue weighted by Crippen LogP contribution is 2.30. The Morgan fingerprint density at radius 1 is 0.566 bits per heavy atom.